The zero-order valence-electron chi connectivity index (χ0n) is 13.6. The molecular formula is C16H18O10. The lowest BCUT2D eigenvalue weighted by Gasteiger charge is -2.38. The van der Waals surface area contributed by atoms with Crippen LogP contribution in [0.1, 0.15) is 5.56 Å². The number of aliphatic hydroxyl groups is 3. The van der Waals surface area contributed by atoms with Crippen LogP contribution in [0.5, 0.6) is 11.5 Å². The maximum Gasteiger partial charge on any atom is 0.335 e. The lowest BCUT2D eigenvalue weighted by atomic mass is 9.99. The molecule has 10 heteroatoms. The van der Waals surface area contributed by atoms with Crippen molar-refractivity contribution in [3.8, 4) is 11.5 Å². The highest BCUT2D eigenvalue weighted by molar-refractivity contribution is 5.85. The number of rotatable bonds is 6. The predicted octanol–water partition coefficient (Wildman–Crippen LogP) is -0.936. The Morgan fingerprint density at radius 2 is 1.77 bits per heavy atom. The van der Waals surface area contributed by atoms with Crippen molar-refractivity contribution in [2.24, 2.45) is 0 Å². The molecule has 0 amide bonds. The van der Waals surface area contributed by atoms with Gasteiger partial charge in [-0.25, -0.2) is 9.59 Å². The van der Waals surface area contributed by atoms with Crippen LogP contribution in [0, 0.1) is 0 Å². The summed E-state index contributed by atoms with van der Waals surface area (Å²) < 4.78 is 15.5. The van der Waals surface area contributed by atoms with Gasteiger partial charge in [0.2, 0.25) is 6.29 Å². The first-order valence-electron chi connectivity index (χ1n) is 7.42. The van der Waals surface area contributed by atoms with Gasteiger partial charge in [-0.05, 0) is 23.8 Å². The third-order valence-electron chi connectivity index (χ3n) is 3.66. The van der Waals surface area contributed by atoms with Crippen molar-refractivity contribution in [3.05, 3.63) is 29.8 Å². The molecule has 1 heterocycles. The molecular weight excluding hydrogens is 352 g/mol. The van der Waals surface area contributed by atoms with E-state index in [9.17, 15) is 24.9 Å². The quantitative estimate of drug-likeness (QED) is 0.395. The number of carbonyl (C=O) groups is 2. The Hall–Kier alpha value is -2.66. The van der Waals surface area contributed by atoms with Crippen LogP contribution in [0.25, 0.3) is 6.08 Å². The molecule has 0 aromatic heterocycles. The number of hydrogen-bond donors (Lipinski definition) is 5. The molecule has 0 unspecified atom stereocenters. The smallest absolute Gasteiger partial charge is 0.335 e. The van der Waals surface area contributed by atoms with Crippen LogP contribution in [-0.4, -0.2) is 75.3 Å². The van der Waals surface area contributed by atoms with E-state index < -0.39 is 42.6 Å². The van der Waals surface area contributed by atoms with Gasteiger partial charge in [-0.2, -0.15) is 0 Å². The van der Waals surface area contributed by atoms with E-state index >= 15 is 0 Å². The molecule has 10 nitrogen and oxygen atoms in total. The average Bonchev–Trinajstić information content (AvgIpc) is 2.60. The number of carboxylic acid groups (broad SMARTS) is 2. The number of ether oxygens (including phenoxy) is 3. The molecule has 26 heavy (non-hydrogen) atoms. The molecule has 1 fully saturated rings. The Kier molecular flexibility index (Phi) is 6.16. The van der Waals surface area contributed by atoms with Gasteiger partial charge >= 0.3 is 11.9 Å². The first kappa shape index (κ1) is 19.7. The summed E-state index contributed by atoms with van der Waals surface area (Å²) in [4.78, 5) is 21.7. The van der Waals surface area contributed by atoms with Crippen molar-refractivity contribution < 1.29 is 49.3 Å². The van der Waals surface area contributed by atoms with E-state index in [0.29, 0.717) is 5.56 Å². The normalized spacial score (nSPS) is 28.7. The van der Waals surface area contributed by atoms with E-state index in [0.717, 1.165) is 6.08 Å². The zero-order valence-corrected chi connectivity index (χ0v) is 13.6. The minimum atomic E-state index is -1.83. The largest absolute Gasteiger partial charge is 0.493 e. The maximum absolute atomic E-state index is 11.1. The minimum Gasteiger partial charge on any atom is -0.493 e. The third kappa shape index (κ3) is 4.29. The van der Waals surface area contributed by atoms with Crippen LogP contribution in [0.2, 0.25) is 0 Å². The summed E-state index contributed by atoms with van der Waals surface area (Å²) >= 11 is 0. The fourth-order valence-corrected chi connectivity index (χ4v) is 2.33. The standard InChI is InChI=1S/C16H18O10/c1-24-9-6-7(3-5-10(17)18)2-4-8(9)25-16-13(21)11(19)12(20)14(26-16)15(22)23/h2-6,11-14,16,19-21H,1H3,(H,17,18)(H,22,23)/b5-3-/t11-,12-,13+,14-,16+/m0/s1. The number of hydrogen-bond acceptors (Lipinski definition) is 8. The molecule has 0 radical (unpaired) electrons. The molecule has 5 N–H and O–H groups in total. The molecule has 1 aliphatic rings. The van der Waals surface area contributed by atoms with Gasteiger partial charge in [-0.1, -0.05) is 6.07 Å². The van der Waals surface area contributed by atoms with E-state index in [1.807, 2.05) is 0 Å². The van der Waals surface area contributed by atoms with Gasteiger partial charge in [0.05, 0.1) is 7.11 Å². The molecule has 2 rings (SSSR count). The van der Waals surface area contributed by atoms with Gasteiger partial charge in [0.15, 0.2) is 17.6 Å². The second-order valence-corrected chi connectivity index (χ2v) is 5.43. The highest BCUT2D eigenvalue weighted by atomic mass is 16.7. The molecule has 0 aliphatic carbocycles. The van der Waals surface area contributed by atoms with Crippen LogP contribution >= 0.6 is 0 Å². The SMILES string of the molecule is COc1cc(/C=C\C(=O)O)ccc1O[C@@H]1O[C@H](C(=O)O)[C@@H](O)[C@H](O)[C@H]1O. The number of methoxy groups -OCH3 is 1. The second-order valence-electron chi connectivity index (χ2n) is 5.43. The second kappa shape index (κ2) is 8.15. The number of benzene rings is 1. The summed E-state index contributed by atoms with van der Waals surface area (Å²) in [6.45, 7) is 0. The summed E-state index contributed by atoms with van der Waals surface area (Å²) in [5.41, 5.74) is 0.487. The lowest BCUT2D eigenvalue weighted by molar-refractivity contribution is -0.271. The summed E-state index contributed by atoms with van der Waals surface area (Å²) in [6.07, 6.45) is -6.45. The summed E-state index contributed by atoms with van der Waals surface area (Å²) in [7, 11) is 1.32. The fourth-order valence-electron chi connectivity index (χ4n) is 2.33. The van der Waals surface area contributed by atoms with Crippen molar-refractivity contribution in [3.63, 3.8) is 0 Å². The summed E-state index contributed by atoms with van der Waals surface area (Å²) in [5, 5.41) is 47.1. The van der Waals surface area contributed by atoms with Gasteiger partial charge in [0.25, 0.3) is 0 Å². The minimum absolute atomic E-state index is 0.0525. The Bertz CT molecular complexity index is 700. The van der Waals surface area contributed by atoms with Crippen molar-refractivity contribution in [1.82, 2.24) is 0 Å². The third-order valence-corrected chi connectivity index (χ3v) is 3.66. The molecule has 0 saturated carbocycles. The molecule has 1 aromatic rings. The van der Waals surface area contributed by atoms with E-state index in [4.69, 9.17) is 24.4 Å². The van der Waals surface area contributed by atoms with Crippen LogP contribution in [-0.2, 0) is 14.3 Å². The van der Waals surface area contributed by atoms with E-state index in [2.05, 4.69) is 0 Å². The summed E-state index contributed by atoms with van der Waals surface area (Å²) in [6, 6.07) is 4.33. The topological polar surface area (TPSA) is 163 Å². The van der Waals surface area contributed by atoms with E-state index in [-0.39, 0.29) is 11.5 Å². The first-order valence-corrected chi connectivity index (χ1v) is 7.42. The van der Waals surface area contributed by atoms with E-state index in [1.165, 1.54) is 31.4 Å². The van der Waals surface area contributed by atoms with Gasteiger partial charge < -0.3 is 39.7 Å². The molecule has 0 spiro atoms. The van der Waals surface area contributed by atoms with Crippen molar-refractivity contribution in [2.45, 2.75) is 30.7 Å². The first-order chi connectivity index (χ1) is 12.2. The molecule has 1 saturated heterocycles. The van der Waals surface area contributed by atoms with Gasteiger partial charge in [-0.3, -0.25) is 0 Å². The Labute approximate surface area is 147 Å². The van der Waals surface area contributed by atoms with E-state index in [1.54, 1.807) is 0 Å². The van der Waals surface area contributed by atoms with Crippen molar-refractivity contribution in [1.29, 1.82) is 0 Å². The average molecular weight is 370 g/mol. The molecule has 0 bridgehead atoms. The maximum atomic E-state index is 11.1. The molecule has 1 aromatic carbocycles. The Morgan fingerprint density at radius 1 is 1.08 bits per heavy atom. The monoisotopic (exact) mass is 370 g/mol. The molecule has 5 atom stereocenters. The highest BCUT2D eigenvalue weighted by Crippen LogP contribution is 2.32. The zero-order chi connectivity index (χ0) is 19.4. The Morgan fingerprint density at radius 3 is 2.35 bits per heavy atom. The highest BCUT2D eigenvalue weighted by Gasteiger charge is 2.48. The Balaban J connectivity index is 2.23. The van der Waals surface area contributed by atoms with Crippen molar-refractivity contribution in [2.75, 3.05) is 7.11 Å². The fraction of sp³-hybridized carbons (Fsp3) is 0.375. The van der Waals surface area contributed by atoms with Gasteiger partial charge in [0, 0.05) is 6.08 Å². The molecule has 1 aliphatic heterocycles. The number of aliphatic carboxylic acids is 2. The van der Waals surface area contributed by atoms with Gasteiger partial charge in [-0.15, -0.1) is 0 Å². The summed E-state index contributed by atoms with van der Waals surface area (Å²) in [5.74, 6) is -2.45. The predicted molar refractivity (Wildman–Crippen MR) is 84.6 cm³/mol. The molecule has 142 valence electrons. The number of carboxylic acids is 2. The van der Waals surface area contributed by atoms with Crippen molar-refractivity contribution >= 4 is 18.0 Å². The number of aliphatic hydroxyl groups excluding tert-OH is 3. The lowest BCUT2D eigenvalue weighted by Crippen LogP contribution is -2.61. The van der Waals surface area contributed by atoms with Crippen LogP contribution in [0.4, 0.5) is 0 Å². The van der Waals surface area contributed by atoms with Crippen LogP contribution in [0.15, 0.2) is 24.3 Å². The van der Waals surface area contributed by atoms with Gasteiger partial charge in [0.1, 0.15) is 18.3 Å². The van der Waals surface area contributed by atoms with Crippen LogP contribution < -0.4 is 9.47 Å². The van der Waals surface area contributed by atoms with Crippen LogP contribution in [0.3, 0.4) is 0 Å².